The molecule has 23 heavy (non-hydrogen) atoms. The Morgan fingerprint density at radius 2 is 1.78 bits per heavy atom. The van der Waals surface area contributed by atoms with E-state index in [9.17, 15) is 4.79 Å². The molecule has 0 atom stereocenters. The highest BCUT2D eigenvalue weighted by Crippen LogP contribution is 2.08. The third-order valence-corrected chi connectivity index (χ3v) is 3.35. The van der Waals surface area contributed by atoms with Crippen LogP contribution in [0.4, 0.5) is 0 Å². The summed E-state index contributed by atoms with van der Waals surface area (Å²) in [5, 5.41) is 9.19. The second kappa shape index (κ2) is 15.6. The molecule has 0 bridgehead atoms. The highest BCUT2D eigenvalue weighted by Gasteiger charge is 2.01. The maximum absolute atomic E-state index is 11.6. The molecule has 0 heterocycles. The molecule has 0 aliphatic heterocycles. The van der Waals surface area contributed by atoms with Crippen molar-refractivity contribution in [3.8, 4) is 0 Å². The van der Waals surface area contributed by atoms with Crippen molar-refractivity contribution in [3.05, 3.63) is 0 Å². The molecule has 136 valence electrons. The summed E-state index contributed by atoms with van der Waals surface area (Å²) in [5.74, 6) is 1.42. The predicted octanol–water partition coefficient (Wildman–Crippen LogP) is 1.91. The fourth-order valence-electron chi connectivity index (χ4n) is 2.08. The van der Waals surface area contributed by atoms with E-state index in [2.05, 4.69) is 34.8 Å². The van der Waals surface area contributed by atoms with Crippen molar-refractivity contribution in [3.63, 3.8) is 0 Å². The Morgan fingerprint density at radius 3 is 2.43 bits per heavy atom. The molecule has 0 radical (unpaired) electrons. The Labute approximate surface area is 141 Å². The molecule has 0 spiro atoms. The number of nitrogens with one attached hydrogen (secondary N) is 3. The molecule has 0 aromatic carbocycles. The third kappa shape index (κ3) is 15.4. The molecule has 0 aromatic rings. The number of methoxy groups -OCH3 is 1. The van der Waals surface area contributed by atoms with Gasteiger partial charge in [-0.25, -0.2) is 4.99 Å². The van der Waals surface area contributed by atoms with Gasteiger partial charge in [-0.05, 0) is 19.3 Å². The number of rotatable bonds is 13. The van der Waals surface area contributed by atoms with E-state index in [1.807, 2.05) is 6.92 Å². The number of hydrogen-bond donors (Lipinski definition) is 3. The number of nitrogens with zero attached hydrogens (tertiary/aromatic N) is 1. The Balaban J connectivity index is 3.83. The van der Waals surface area contributed by atoms with Crippen LogP contribution in [0.25, 0.3) is 0 Å². The molecule has 0 unspecified atom stereocenters. The minimum atomic E-state index is -0.0899. The number of guanidine groups is 1. The van der Waals surface area contributed by atoms with Gasteiger partial charge in [-0.3, -0.25) is 4.79 Å². The first-order valence-corrected chi connectivity index (χ1v) is 8.88. The van der Waals surface area contributed by atoms with E-state index in [-0.39, 0.29) is 12.5 Å². The highest BCUT2D eigenvalue weighted by molar-refractivity contribution is 5.84. The van der Waals surface area contributed by atoms with Gasteiger partial charge in [0.1, 0.15) is 6.54 Å². The fourth-order valence-corrected chi connectivity index (χ4v) is 2.08. The second-order valence-electron chi connectivity index (χ2n) is 6.06. The van der Waals surface area contributed by atoms with E-state index in [4.69, 9.17) is 4.74 Å². The summed E-state index contributed by atoms with van der Waals surface area (Å²) in [6.07, 6.45) is 6.28. The van der Waals surface area contributed by atoms with Crippen LogP contribution in [0.15, 0.2) is 4.99 Å². The molecule has 0 aromatic heterocycles. The number of aliphatic imine (C=N–C) groups is 1. The average molecular weight is 329 g/mol. The molecule has 6 heteroatoms. The molecule has 0 rings (SSSR count). The van der Waals surface area contributed by atoms with E-state index in [1.165, 1.54) is 25.7 Å². The van der Waals surface area contributed by atoms with Crippen molar-refractivity contribution in [2.45, 2.75) is 52.9 Å². The van der Waals surface area contributed by atoms with Crippen LogP contribution < -0.4 is 16.0 Å². The molecule has 6 nitrogen and oxygen atoms in total. The van der Waals surface area contributed by atoms with Crippen molar-refractivity contribution >= 4 is 11.9 Å². The lowest BCUT2D eigenvalue weighted by atomic mass is 10.0. The lowest BCUT2D eigenvalue weighted by Gasteiger charge is -2.11. The number of unbranched alkanes of at least 4 members (excludes halogenated alkanes) is 3. The first-order valence-electron chi connectivity index (χ1n) is 8.88. The Hall–Kier alpha value is -1.30. The van der Waals surface area contributed by atoms with E-state index in [1.54, 1.807) is 7.11 Å². The molecule has 1 amide bonds. The summed E-state index contributed by atoms with van der Waals surface area (Å²) in [6.45, 7) is 9.40. The highest BCUT2D eigenvalue weighted by atomic mass is 16.5. The fraction of sp³-hybridized carbons (Fsp3) is 0.882. The smallest absolute Gasteiger partial charge is 0.241 e. The van der Waals surface area contributed by atoms with Crippen molar-refractivity contribution in [2.75, 3.05) is 39.9 Å². The van der Waals surface area contributed by atoms with Crippen LogP contribution in [0, 0.1) is 5.92 Å². The van der Waals surface area contributed by atoms with Crippen molar-refractivity contribution < 1.29 is 9.53 Å². The van der Waals surface area contributed by atoms with Crippen molar-refractivity contribution in [1.82, 2.24) is 16.0 Å². The van der Waals surface area contributed by atoms with Gasteiger partial charge in [0, 0.05) is 26.7 Å². The van der Waals surface area contributed by atoms with Gasteiger partial charge in [0.15, 0.2) is 5.96 Å². The number of carbonyl (C=O) groups excluding carboxylic acids is 1. The summed E-state index contributed by atoms with van der Waals surface area (Å²) < 4.78 is 4.89. The van der Waals surface area contributed by atoms with E-state index in [0.717, 1.165) is 25.4 Å². The Morgan fingerprint density at radius 1 is 1.04 bits per heavy atom. The minimum Gasteiger partial charge on any atom is -0.383 e. The molecular formula is C17H36N4O2. The summed E-state index contributed by atoms with van der Waals surface area (Å²) in [6, 6.07) is 0. The zero-order valence-electron chi connectivity index (χ0n) is 15.4. The summed E-state index contributed by atoms with van der Waals surface area (Å²) in [5.41, 5.74) is 0. The standard InChI is InChI=1S/C17H36N4O2/c1-5-18-17(21-14-16(22)19-12-13-23-4)20-11-9-7-6-8-10-15(2)3/h15H,5-14H2,1-4H3,(H,19,22)(H2,18,20,21). The maximum Gasteiger partial charge on any atom is 0.241 e. The topological polar surface area (TPSA) is 74.8 Å². The van der Waals surface area contributed by atoms with Gasteiger partial charge in [0.05, 0.1) is 6.61 Å². The molecule has 0 aliphatic rings. The zero-order valence-corrected chi connectivity index (χ0v) is 15.4. The van der Waals surface area contributed by atoms with E-state index in [0.29, 0.717) is 19.1 Å². The molecule has 3 N–H and O–H groups in total. The monoisotopic (exact) mass is 328 g/mol. The summed E-state index contributed by atoms with van der Waals surface area (Å²) in [7, 11) is 1.61. The van der Waals surface area contributed by atoms with Crippen LogP contribution in [0.5, 0.6) is 0 Å². The van der Waals surface area contributed by atoms with Gasteiger partial charge >= 0.3 is 0 Å². The zero-order chi connectivity index (χ0) is 17.3. The van der Waals surface area contributed by atoms with Gasteiger partial charge in [-0.2, -0.15) is 0 Å². The maximum atomic E-state index is 11.6. The van der Waals surface area contributed by atoms with Crippen LogP contribution in [-0.2, 0) is 9.53 Å². The lowest BCUT2D eigenvalue weighted by molar-refractivity contribution is -0.119. The number of hydrogen-bond acceptors (Lipinski definition) is 3. The van der Waals surface area contributed by atoms with Crippen LogP contribution in [-0.4, -0.2) is 51.8 Å². The molecule has 0 aliphatic carbocycles. The quantitative estimate of drug-likeness (QED) is 0.274. The molecular weight excluding hydrogens is 292 g/mol. The van der Waals surface area contributed by atoms with Gasteiger partial charge in [0.25, 0.3) is 0 Å². The number of carbonyl (C=O) groups is 1. The second-order valence-corrected chi connectivity index (χ2v) is 6.06. The first kappa shape index (κ1) is 21.7. The van der Waals surface area contributed by atoms with Gasteiger partial charge in [0.2, 0.25) is 5.91 Å². The van der Waals surface area contributed by atoms with Crippen molar-refractivity contribution in [2.24, 2.45) is 10.9 Å². The largest absolute Gasteiger partial charge is 0.383 e. The average Bonchev–Trinajstić information content (AvgIpc) is 2.51. The summed E-state index contributed by atoms with van der Waals surface area (Å²) >= 11 is 0. The Kier molecular flexibility index (Phi) is 14.7. The summed E-state index contributed by atoms with van der Waals surface area (Å²) in [4.78, 5) is 15.9. The molecule has 0 saturated heterocycles. The van der Waals surface area contributed by atoms with Gasteiger partial charge in [-0.1, -0.05) is 39.5 Å². The Bertz CT molecular complexity index is 320. The lowest BCUT2D eigenvalue weighted by Crippen LogP contribution is -2.39. The number of amides is 1. The van der Waals surface area contributed by atoms with E-state index < -0.39 is 0 Å². The number of ether oxygens (including phenoxy) is 1. The van der Waals surface area contributed by atoms with Gasteiger partial charge < -0.3 is 20.7 Å². The van der Waals surface area contributed by atoms with Gasteiger partial charge in [-0.15, -0.1) is 0 Å². The van der Waals surface area contributed by atoms with Crippen LogP contribution in [0.1, 0.15) is 52.9 Å². The minimum absolute atomic E-state index is 0.0899. The van der Waals surface area contributed by atoms with Crippen molar-refractivity contribution in [1.29, 1.82) is 0 Å². The molecule has 0 saturated carbocycles. The van der Waals surface area contributed by atoms with Crippen LogP contribution in [0.2, 0.25) is 0 Å². The first-order chi connectivity index (χ1) is 11.1. The SMILES string of the molecule is CCNC(=NCC(=O)NCCOC)NCCCCCCC(C)C. The van der Waals surface area contributed by atoms with E-state index >= 15 is 0 Å². The predicted molar refractivity (Wildman–Crippen MR) is 96.8 cm³/mol. The van der Waals surface area contributed by atoms with Crippen LogP contribution in [0.3, 0.4) is 0 Å². The van der Waals surface area contributed by atoms with Crippen LogP contribution >= 0.6 is 0 Å². The normalized spacial score (nSPS) is 11.6. The third-order valence-electron chi connectivity index (χ3n) is 3.35. The molecule has 0 fully saturated rings.